The highest BCUT2D eigenvalue weighted by Gasteiger charge is 2.11. The number of aromatic amines is 1. The predicted octanol–water partition coefficient (Wildman–Crippen LogP) is 6.57. The number of hydrogen-bond donors (Lipinski definition) is 3. The molecule has 0 radical (unpaired) electrons. The quantitative estimate of drug-likeness (QED) is 0.224. The first-order valence-corrected chi connectivity index (χ1v) is 12.0. The van der Waals surface area contributed by atoms with Crippen molar-refractivity contribution in [3.8, 4) is 0 Å². The van der Waals surface area contributed by atoms with Crippen LogP contribution < -0.4 is 10.6 Å². The van der Waals surface area contributed by atoms with Crippen LogP contribution in [0.4, 0.5) is 11.4 Å². The summed E-state index contributed by atoms with van der Waals surface area (Å²) in [5.74, 6) is -0.0526. The van der Waals surface area contributed by atoms with Crippen molar-refractivity contribution in [2.45, 2.75) is 39.0 Å². The lowest BCUT2D eigenvalue weighted by atomic mass is 10.1. The lowest BCUT2D eigenvalue weighted by Gasteiger charge is -2.12. The van der Waals surface area contributed by atoms with E-state index in [4.69, 9.17) is 0 Å². The second-order valence-corrected chi connectivity index (χ2v) is 8.30. The number of carbonyl (C=O) groups is 1. The summed E-state index contributed by atoms with van der Waals surface area (Å²) < 4.78 is 0. The summed E-state index contributed by atoms with van der Waals surface area (Å²) in [7, 11) is 0. The normalized spacial score (nSPS) is 11.2. The van der Waals surface area contributed by atoms with Crippen LogP contribution >= 0.6 is 0 Å². The van der Waals surface area contributed by atoms with E-state index in [9.17, 15) is 4.79 Å². The molecule has 6 nitrogen and oxygen atoms in total. The van der Waals surface area contributed by atoms with Crippen molar-refractivity contribution in [3.63, 3.8) is 0 Å². The number of amides is 1. The minimum absolute atomic E-state index is 0.0526. The van der Waals surface area contributed by atoms with Crippen LogP contribution in [0.2, 0.25) is 0 Å². The molecule has 0 unspecified atom stereocenters. The Morgan fingerprint density at radius 1 is 0.971 bits per heavy atom. The molecule has 3 N–H and O–H groups in total. The van der Waals surface area contributed by atoms with Crippen LogP contribution in [-0.4, -0.2) is 27.6 Å². The molecule has 0 aliphatic rings. The summed E-state index contributed by atoms with van der Waals surface area (Å²) in [6, 6.07) is 19.4. The van der Waals surface area contributed by atoms with E-state index in [1.165, 1.54) is 19.3 Å². The zero-order valence-corrected chi connectivity index (χ0v) is 19.6. The maximum Gasteiger partial charge on any atom is 0.253 e. The molecule has 0 aliphatic heterocycles. The molecule has 34 heavy (non-hydrogen) atoms. The van der Waals surface area contributed by atoms with Gasteiger partial charge in [0, 0.05) is 23.8 Å². The Hall–Kier alpha value is -3.93. The third-order valence-electron chi connectivity index (χ3n) is 5.71. The monoisotopic (exact) mass is 453 g/mol. The van der Waals surface area contributed by atoms with E-state index >= 15 is 0 Å². The predicted molar refractivity (Wildman–Crippen MR) is 140 cm³/mol. The molecule has 2 heterocycles. The van der Waals surface area contributed by atoms with Crippen molar-refractivity contribution in [2.24, 2.45) is 0 Å². The number of unbranched alkanes of at least 4 members (excludes halogenated alkanes) is 4. The number of fused-ring (bicyclic) bond motifs is 1. The summed E-state index contributed by atoms with van der Waals surface area (Å²) in [4.78, 5) is 17.1. The first-order chi connectivity index (χ1) is 16.7. The van der Waals surface area contributed by atoms with Gasteiger partial charge in [-0.05, 0) is 61.0 Å². The van der Waals surface area contributed by atoms with Gasteiger partial charge >= 0.3 is 0 Å². The van der Waals surface area contributed by atoms with Gasteiger partial charge in [-0.1, -0.05) is 50.8 Å². The molecule has 2 aromatic carbocycles. The van der Waals surface area contributed by atoms with Crippen LogP contribution in [0.5, 0.6) is 0 Å². The average molecular weight is 454 g/mol. The molecule has 0 fully saturated rings. The van der Waals surface area contributed by atoms with E-state index in [-0.39, 0.29) is 5.91 Å². The second-order valence-electron chi connectivity index (χ2n) is 8.30. The zero-order chi connectivity index (χ0) is 23.6. The first-order valence-electron chi connectivity index (χ1n) is 12.0. The molecule has 174 valence electrons. The molecule has 0 bridgehead atoms. The molecule has 0 spiro atoms. The lowest BCUT2D eigenvalue weighted by Crippen LogP contribution is -2.25. The van der Waals surface area contributed by atoms with E-state index in [0.29, 0.717) is 12.1 Å². The molecule has 1 amide bonds. The standard InChI is InChI=1S/C28H31N5O/c1-2-3-4-5-9-19-30-28(34)24-12-6-7-13-25(24)31-22-14-16-23-26(32-33-27(23)20-22)17-15-21-11-8-10-18-29-21/h6-8,10-18,20,31H,2-5,9,19H2,1H3,(H,30,34)(H,32,33)/b17-15+. The number of rotatable bonds is 11. The van der Waals surface area contributed by atoms with Crippen LogP contribution in [-0.2, 0) is 0 Å². The van der Waals surface area contributed by atoms with E-state index in [0.717, 1.165) is 46.5 Å². The fourth-order valence-electron chi connectivity index (χ4n) is 3.86. The van der Waals surface area contributed by atoms with Crippen LogP contribution in [0.3, 0.4) is 0 Å². The molecular weight excluding hydrogens is 422 g/mol. The number of nitrogens with one attached hydrogen (secondary N) is 3. The summed E-state index contributed by atoms with van der Waals surface area (Å²) in [5.41, 5.74) is 4.95. The zero-order valence-electron chi connectivity index (χ0n) is 19.6. The third-order valence-corrected chi connectivity index (χ3v) is 5.71. The smallest absolute Gasteiger partial charge is 0.253 e. The first kappa shape index (κ1) is 23.2. The minimum Gasteiger partial charge on any atom is -0.355 e. The number of H-pyrrole nitrogens is 1. The van der Waals surface area contributed by atoms with Gasteiger partial charge in [-0.25, -0.2) is 0 Å². The molecular formula is C28H31N5O. The maximum absolute atomic E-state index is 12.8. The number of para-hydroxylation sites is 1. The highest BCUT2D eigenvalue weighted by molar-refractivity contribution is 6.00. The molecule has 6 heteroatoms. The molecule has 4 rings (SSSR count). The number of aromatic nitrogens is 3. The highest BCUT2D eigenvalue weighted by Crippen LogP contribution is 2.26. The summed E-state index contributed by atoms with van der Waals surface area (Å²) in [6.07, 6.45) is 11.5. The number of nitrogens with zero attached hydrogens (tertiary/aromatic N) is 2. The van der Waals surface area contributed by atoms with Crippen LogP contribution in [0, 0.1) is 0 Å². The van der Waals surface area contributed by atoms with E-state index < -0.39 is 0 Å². The maximum atomic E-state index is 12.8. The summed E-state index contributed by atoms with van der Waals surface area (Å²) in [6.45, 7) is 2.90. The Balaban J connectivity index is 1.43. The third kappa shape index (κ3) is 6.10. The van der Waals surface area contributed by atoms with Crippen molar-refractivity contribution in [2.75, 3.05) is 11.9 Å². The Morgan fingerprint density at radius 2 is 1.82 bits per heavy atom. The summed E-state index contributed by atoms with van der Waals surface area (Å²) >= 11 is 0. The Morgan fingerprint density at radius 3 is 2.68 bits per heavy atom. The van der Waals surface area contributed by atoms with Gasteiger partial charge in [0.2, 0.25) is 0 Å². The van der Waals surface area contributed by atoms with Gasteiger partial charge in [-0.15, -0.1) is 0 Å². The topological polar surface area (TPSA) is 82.7 Å². The van der Waals surface area contributed by atoms with Gasteiger partial charge in [0.25, 0.3) is 5.91 Å². The second kappa shape index (κ2) is 11.8. The van der Waals surface area contributed by atoms with Gasteiger partial charge in [-0.3, -0.25) is 14.9 Å². The number of benzene rings is 2. The van der Waals surface area contributed by atoms with Crippen molar-refractivity contribution >= 4 is 40.3 Å². The van der Waals surface area contributed by atoms with Gasteiger partial charge in [0.15, 0.2) is 0 Å². The van der Waals surface area contributed by atoms with Crippen molar-refractivity contribution in [1.29, 1.82) is 0 Å². The number of carbonyl (C=O) groups excluding carboxylic acids is 1. The van der Waals surface area contributed by atoms with Crippen LogP contribution in [0.15, 0.2) is 66.9 Å². The number of pyridine rings is 1. The van der Waals surface area contributed by atoms with Crippen LogP contribution in [0.1, 0.15) is 60.8 Å². The number of hydrogen-bond acceptors (Lipinski definition) is 4. The molecule has 4 aromatic rings. The van der Waals surface area contributed by atoms with E-state index in [2.05, 4.69) is 32.7 Å². The van der Waals surface area contributed by atoms with Gasteiger partial charge < -0.3 is 10.6 Å². The van der Waals surface area contributed by atoms with Crippen LogP contribution in [0.25, 0.3) is 23.1 Å². The highest BCUT2D eigenvalue weighted by atomic mass is 16.1. The largest absolute Gasteiger partial charge is 0.355 e. The molecule has 0 atom stereocenters. The molecule has 0 saturated heterocycles. The fraction of sp³-hybridized carbons (Fsp3) is 0.250. The fourth-order valence-corrected chi connectivity index (χ4v) is 3.86. The lowest BCUT2D eigenvalue weighted by molar-refractivity contribution is 0.0953. The van der Waals surface area contributed by atoms with Crippen molar-refractivity contribution in [1.82, 2.24) is 20.5 Å². The Labute approximate surface area is 200 Å². The van der Waals surface area contributed by atoms with E-state index in [1.54, 1.807) is 6.20 Å². The minimum atomic E-state index is -0.0526. The van der Waals surface area contributed by atoms with E-state index in [1.807, 2.05) is 72.8 Å². The summed E-state index contributed by atoms with van der Waals surface area (Å²) in [5, 5.41) is 15.0. The molecule has 2 aromatic heterocycles. The van der Waals surface area contributed by atoms with Gasteiger partial charge in [-0.2, -0.15) is 5.10 Å². The van der Waals surface area contributed by atoms with Crippen molar-refractivity contribution < 1.29 is 4.79 Å². The van der Waals surface area contributed by atoms with Crippen molar-refractivity contribution in [3.05, 3.63) is 83.8 Å². The molecule has 0 saturated carbocycles. The molecule has 0 aliphatic carbocycles. The Kier molecular flexibility index (Phi) is 8.06. The van der Waals surface area contributed by atoms with Gasteiger partial charge in [0.05, 0.1) is 28.2 Å². The van der Waals surface area contributed by atoms with Gasteiger partial charge in [0.1, 0.15) is 0 Å². The average Bonchev–Trinajstić information content (AvgIpc) is 3.28. The SMILES string of the molecule is CCCCCCCNC(=O)c1ccccc1Nc1ccc2c(/C=C/c3ccccn3)n[nH]c2c1. The Bertz CT molecular complexity index is 1250. The number of anilines is 2.